The van der Waals surface area contributed by atoms with Crippen molar-refractivity contribution in [3.63, 3.8) is 0 Å². The van der Waals surface area contributed by atoms with Crippen LogP contribution in [0.4, 0.5) is 10.1 Å². The van der Waals surface area contributed by atoms with Crippen LogP contribution in [-0.4, -0.2) is 24.1 Å². The number of carbonyl (C=O) groups excluding carboxylic acids is 1. The number of aromatic nitrogens is 2. The molecule has 1 aliphatic rings. The van der Waals surface area contributed by atoms with Gasteiger partial charge in [-0.05, 0) is 61.7 Å². The normalized spacial score (nSPS) is 15.9. The van der Waals surface area contributed by atoms with Crippen LogP contribution >= 0.6 is 11.6 Å². The first-order chi connectivity index (χ1) is 14.7. The number of amides is 1. The summed E-state index contributed by atoms with van der Waals surface area (Å²) in [4.78, 5) is 12.6. The summed E-state index contributed by atoms with van der Waals surface area (Å²) in [7, 11) is -2.22. The van der Waals surface area contributed by atoms with Gasteiger partial charge < -0.3 is 5.32 Å². The van der Waals surface area contributed by atoms with Crippen molar-refractivity contribution in [1.82, 2.24) is 15.1 Å². The number of nitrogens with one attached hydrogen (secondary N) is 2. The minimum absolute atomic E-state index is 0.0293. The largest absolute Gasteiger partial charge is 0.345 e. The fourth-order valence-corrected chi connectivity index (χ4v) is 5.26. The molecule has 0 saturated carbocycles. The molecule has 1 unspecified atom stereocenters. The maximum Gasteiger partial charge on any atom is 0.263 e. The van der Waals surface area contributed by atoms with Gasteiger partial charge in [0, 0.05) is 29.6 Å². The maximum atomic E-state index is 13.1. The molecule has 1 amide bonds. The molecule has 2 N–H and O–H groups in total. The molecule has 1 atom stereocenters. The molecular weight excluding hydrogens is 443 g/mol. The summed E-state index contributed by atoms with van der Waals surface area (Å²) in [5.74, 6) is -0.893. The van der Waals surface area contributed by atoms with E-state index in [1.807, 2.05) is 11.7 Å². The lowest BCUT2D eigenvalue weighted by Crippen LogP contribution is -2.31. The molecule has 0 aliphatic heterocycles. The number of nitrogens with zero attached hydrogens (tertiary/aromatic N) is 2. The molecule has 7 nitrogen and oxygen atoms in total. The van der Waals surface area contributed by atoms with E-state index >= 15 is 0 Å². The van der Waals surface area contributed by atoms with Crippen molar-refractivity contribution in [1.29, 1.82) is 0 Å². The predicted octanol–water partition coefficient (Wildman–Crippen LogP) is 3.82. The van der Waals surface area contributed by atoms with Crippen molar-refractivity contribution in [2.45, 2.75) is 30.2 Å². The highest BCUT2D eigenvalue weighted by Crippen LogP contribution is 2.30. The zero-order valence-electron chi connectivity index (χ0n) is 16.6. The molecule has 4 rings (SSSR count). The summed E-state index contributed by atoms with van der Waals surface area (Å²) < 4.78 is 42.9. The van der Waals surface area contributed by atoms with E-state index in [9.17, 15) is 17.6 Å². The van der Waals surface area contributed by atoms with Gasteiger partial charge in [-0.3, -0.25) is 14.2 Å². The van der Waals surface area contributed by atoms with E-state index in [-0.39, 0.29) is 27.2 Å². The van der Waals surface area contributed by atoms with Crippen LogP contribution in [0.5, 0.6) is 0 Å². The number of anilines is 1. The third-order valence-corrected chi connectivity index (χ3v) is 7.12. The van der Waals surface area contributed by atoms with Gasteiger partial charge in [-0.25, -0.2) is 12.8 Å². The third-order valence-electron chi connectivity index (χ3n) is 5.26. The van der Waals surface area contributed by atoms with Crippen molar-refractivity contribution < 1.29 is 17.6 Å². The fourth-order valence-electron chi connectivity index (χ4n) is 3.68. The van der Waals surface area contributed by atoms with Crippen LogP contribution in [-0.2, 0) is 23.5 Å². The first-order valence-electron chi connectivity index (χ1n) is 9.64. The van der Waals surface area contributed by atoms with Gasteiger partial charge >= 0.3 is 0 Å². The number of fused-ring (bicyclic) bond motifs is 1. The van der Waals surface area contributed by atoms with Crippen LogP contribution < -0.4 is 10.0 Å². The molecule has 0 saturated heterocycles. The van der Waals surface area contributed by atoms with Gasteiger partial charge in [-0.1, -0.05) is 11.6 Å². The van der Waals surface area contributed by atoms with Crippen molar-refractivity contribution in [3.8, 4) is 0 Å². The van der Waals surface area contributed by atoms with Crippen LogP contribution in [0.2, 0.25) is 5.02 Å². The monoisotopic (exact) mass is 462 g/mol. The Balaban J connectivity index is 1.57. The Bertz CT molecular complexity index is 1240. The maximum absolute atomic E-state index is 13.1. The number of rotatable bonds is 5. The zero-order valence-corrected chi connectivity index (χ0v) is 18.2. The number of carbonyl (C=O) groups is 1. The van der Waals surface area contributed by atoms with Gasteiger partial charge in [-0.15, -0.1) is 0 Å². The summed E-state index contributed by atoms with van der Waals surface area (Å²) in [5.41, 5.74) is 2.40. The van der Waals surface area contributed by atoms with E-state index in [0.29, 0.717) is 0 Å². The van der Waals surface area contributed by atoms with E-state index in [1.54, 1.807) is 6.20 Å². The Labute approximate surface area is 184 Å². The van der Waals surface area contributed by atoms with Crippen molar-refractivity contribution in [2.24, 2.45) is 7.05 Å². The van der Waals surface area contributed by atoms with E-state index in [2.05, 4.69) is 15.1 Å². The minimum atomic E-state index is -4.09. The van der Waals surface area contributed by atoms with E-state index in [1.165, 1.54) is 30.3 Å². The van der Waals surface area contributed by atoms with E-state index < -0.39 is 21.7 Å². The van der Waals surface area contributed by atoms with Gasteiger partial charge in [0.15, 0.2) is 0 Å². The lowest BCUT2D eigenvalue weighted by molar-refractivity contribution is 0.0932. The molecule has 2 aromatic carbocycles. The topological polar surface area (TPSA) is 93.1 Å². The second kappa shape index (κ2) is 8.32. The second-order valence-corrected chi connectivity index (χ2v) is 9.40. The smallest absolute Gasteiger partial charge is 0.263 e. The van der Waals surface area contributed by atoms with Crippen LogP contribution in [0.15, 0.2) is 53.6 Å². The number of hydrogen-bond acceptors (Lipinski definition) is 4. The van der Waals surface area contributed by atoms with Gasteiger partial charge in [0.05, 0.1) is 17.3 Å². The summed E-state index contributed by atoms with van der Waals surface area (Å²) >= 11 is 6.12. The Kier molecular flexibility index (Phi) is 5.72. The Hall–Kier alpha value is -2.91. The van der Waals surface area contributed by atoms with Gasteiger partial charge in [0.25, 0.3) is 15.9 Å². The van der Waals surface area contributed by atoms with E-state index in [0.717, 1.165) is 42.7 Å². The number of halogens is 2. The third kappa shape index (κ3) is 4.42. The summed E-state index contributed by atoms with van der Waals surface area (Å²) in [6.45, 7) is 0. The number of benzene rings is 2. The van der Waals surface area contributed by atoms with Crippen LogP contribution in [0.3, 0.4) is 0 Å². The van der Waals surface area contributed by atoms with Gasteiger partial charge in [-0.2, -0.15) is 5.10 Å². The number of aryl methyl sites for hydroxylation is 1. The Morgan fingerprint density at radius 3 is 2.71 bits per heavy atom. The SMILES string of the molecule is Cn1ncc2c1CCCC2NC(=O)c1ccc(Cl)c(S(=O)(=O)Nc2ccc(F)cc2)c1. The molecule has 1 aliphatic carbocycles. The summed E-state index contributed by atoms with van der Waals surface area (Å²) in [6.07, 6.45) is 4.34. The molecule has 0 spiro atoms. The molecule has 0 bridgehead atoms. The molecule has 31 heavy (non-hydrogen) atoms. The Morgan fingerprint density at radius 1 is 1.23 bits per heavy atom. The molecule has 0 fully saturated rings. The molecule has 1 heterocycles. The molecule has 1 aromatic heterocycles. The van der Waals surface area contributed by atoms with Gasteiger partial charge in [0.1, 0.15) is 10.7 Å². The van der Waals surface area contributed by atoms with Crippen LogP contribution in [0, 0.1) is 5.82 Å². The van der Waals surface area contributed by atoms with Crippen LogP contribution in [0.25, 0.3) is 0 Å². The highest BCUT2D eigenvalue weighted by Gasteiger charge is 2.26. The average Bonchev–Trinajstić information content (AvgIpc) is 3.12. The zero-order chi connectivity index (χ0) is 22.2. The van der Waals surface area contributed by atoms with Crippen molar-refractivity contribution in [3.05, 3.63) is 76.3 Å². The first kappa shape index (κ1) is 21.3. The summed E-state index contributed by atoms with van der Waals surface area (Å²) in [5, 5.41) is 7.21. The number of hydrogen-bond donors (Lipinski definition) is 2. The summed E-state index contributed by atoms with van der Waals surface area (Å²) in [6, 6.07) is 8.75. The minimum Gasteiger partial charge on any atom is -0.345 e. The standard InChI is InChI=1S/C21H20ClFN4O3S/c1-27-19-4-2-3-18(16(19)12-24-27)25-21(28)13-5-10-17(22)20(11-13)31(29,30)26-15-8-6-14(23)7-9-15/h5-12,18,26H,2-4H2,1H3,(H,25,28). The highest BCUT2D eigenvalue weighted by molar-refractivity contribution is 7.92. The highest BCUT2D eigenvalue weighted by atomic mass is 35.5. The second-order valence-electron chi connectivity index (χ2n) is 7.35. The lowest BCUT2D eigenvalue weighted by atomic mass is 9.93. The van der Waals surface area contributed by atoms with Gasteiger partial charge in [0.2, 0.25) is 0 Å². The predicted molar refractivity (Wildman–Crippen MR) is 115 cm³/mol. The molecule has 0 radical (unpaired) electrons. The molecule has 162 valence electrons. The quantitative estimate of drug-likeness (QED) is 0.602. The lowest BCUT2D eigenvalue weighted by Gasteiger charge is -2.24. The van der Waals surface area contributed by atoms with Crippen molar-refractivity contribution in [2.75, 3.05) is 4.72 Å². The molecular formula is C21H20ClFN4O3S. The molecule has 3 aromatic rings. The molecule has 10 heteroatoms. The first-order valence-corrected chi connectivity index (χ1v) is 11.5. The van der Waals surface area contributed by atoms with E-state index in [4.69, 9.17) is 11.6 Å². The van der Waals surface area contributed by atoms with Crippen LogP contribution in [0.1, 0.15) is 40.5 Å². The fraction of sp³-hybridized carbons (Fsp3) is 0.238. The van der Waals surface area contributed by atoms with Crippen molar-refractivity contribution >= 4 is 33.2 Å². The number of sulfonamides is 1. The average molecular weight is 463 g/mol. The Morgan fingerprint density at radius 2 is 1.97 bits per heavy atom.